The number of hydrogen-bond donors (Lipinski definition) is 1. The maximum atomic E-state index is 13.8. The molecule has 7 heteroatoms. The van der Waals surface area contributed by atoms with Crippen LogP contribution in [0.5, 0.6) is 5.75 Å². The standard InChI is InChI=1S/C25H28F2N2O3/c1-32-22-14-17(2-7-21(22)27)15-25(11-8-23(30)28-25)12-9-24(31)29-13-10-19(16-29)18-3-5-20(26)6-4-18/h2-7,14,19H,8-13,15-16H2,1H3,(H,28,30)/t19-,25+/m0/s1. The van der Waals surface area contributed by atoms with Crippen LogP contribution in [0.15, 0.2) is 42.5 Å². The maximum Gasteiger partial charge on any atom is 0.222 e. The highest BCUT2D eigenvalue weighted by molar-refractivity contribution is 5.80. The smallest absolute Gasteiger partial charge is 0.222 e. The molecule has 2 fully saturated rings. The van der Waals surface area contributed by atoms with E-state index < -0.39 is 11.4 Å². The van der Waals surface area contributed by atoms with Crippen LogP contribution in [0.4, 0.5) is 8.78 Å². The van der Waals surface area contributed by atoms with Gasteiger partial charge in [-0.3, -0.25) is 9.59 Å². The van der Waals surface area contributed by atoms with Gasteiger partial charge in [0.25, 0.3) is 0 Å². The average molecular weight is 443 g/mol. The van der Waals surface area contributed by atoms with E-state index in [4.69, 9.17) is 4.74 Å². The highest BCUT2D eigenvalue weighted by Gasteiger charge is 2.39. The molecular formula is C25H28F2N2O3. The quantitative estimate of drug-likeness (QED) is 0.706. The van der Waals surface area contributed by atoms with Crippen LogP contribution >= 0.6 is 0 Å². The van der Waals surface area contributed by atoms with Crippen LogP contribution in [0.2, 0.25) is 0 Å². The number of nitrogens with zero attached hydrogens (tertiary/aromatic N) is 1. The fourth-order valence-electron chi connectivity index (χ4n) is 4.89. The number of likely N-dealkylation sites (tertiary alicyclic amines) is 1. The first kappa shape index (κ1) is 22.2. The summed E-state index contributed by atoms with van der Waals surface area (Å²) in [6.45, 7) is 1.30. The van der Waals surface area contributed by atoms with Crippen molar-refractivity contribution in [2.45, 2.75) is 50.0 Å². The molecule has 2 saturated heterocycles. The van der Waals surface area contributed by atoms with Gasteiger partial charge in [-0.05, 0) is 61.1 Å². The normalized spacial score (nSPS) is 22.8. The van der Waals surface area contributed by atoms with Gasteiger partial charge in [-0.25, -0.2) is 8.78 Å². The summed E-state index contributed by atoms with van der Waals surface area (Å²) < 4.78 is 32.0. The highest BCUT2D eigenvalue weighted by atomic mass is 19.1. The van der Waals surface area contributed by atoms with Gasteiger partial charge in [-0.1, -0.05) is 18.2 Å². The van der Waals surface area contributed by atoms with Crippen molar-refractivity contribution in [2.24, 2.45) is 0 Å². The van der Waals surface area contributed by atoms with E-state index >= 15 is 0 Å². The van der Waals surface area contributed by atoms with E-state index in [1.807, 2.05) is 4.90 Å². The fraction of sp³-hybridized carbons (Fsp3) is 0.440. The lowest BCUT2D eigenvalue weighted by Crippen LogP contribution is -2.44. The molecule has 4 rings (SSSR count). The number of amides is 2. The second-order valence-electron chi connectivity index (χ2n) is 8.85. The van der Waals surface area contributed by atoms with Crippen molar-refractivity contribution in [1.29, 1.82) is 0 Å². The van der Waals surface area contributed by atoms with Crippen LogP contribution in [0.25, 0.3) is 0 Å². The Hall–Kier alpha value is -2.96. The van der Waals surface area contributed by atoms with Crippen LogP contribution in [0.1, 0.15) is 49.1 Å². The van der Waals surface area contributed by atoms with Gasteiger partial charge in [0.15, 0.2) is 11.6 Å². The van der Waals surface area contributed by atoms with Crippen molar-refractivity contribution in [3.63, 3.8) is 0 Å². The van der Waals surface area contributed by atoms with Crippen molar-refractivity contribution in [2.75, 3.05) is 20.2 Å². The molecule has 170 valence electrons. The minimum Gasteiger partial charge on any atom is -0.494 e. The molecule has 2 amide bonds. The molecule has 0 bridgehead atoms. The lowest BCUT2D eigenvalue weighted by Gasteiger charge is -2.30. The first-order chi connectivity index (χ1) is 15.4. The summed E-state index contributed by atoms with van der Waals surface area (Å²) in [6.07, 6.45) is 3.28. The van der Waals surface area contributed by atoms with Crippen molar-refractivity contribution in [3.8, 4) is 5.75 Å². The average Bonchev–Trinajstić information content (AvgIpc) is 3.42. The Morgan fingerprint density at radius 3 is 2.69 bits per heavy atom. The number of benzene rings is 2. The summed E-state index contributed by atoms with van der Waals surface area (Å²) in [7, 11) is 1.42. The molecule has 0 aromatic heterocycles. The van der Waals surface area contributed by atoms with Crippen molar-refractivity contribution in [1.82, 2.24) is 10.2 Å². The zero-order valence-corrected chi connectivity index (χ0v) is 18.2. The maximum absolute atomic E-state index is 13.8. The van der Waals surface area contributed by atoms with Crippen LogP contribution in [0.3, 0.4) is 0 Å². The third kappa shape index (κ3) is 4.92. The van der Waals surface area contributed by atoms with Crippen molar-refractivity contribution < 1.29 is 23.1 Å². The molecule has 0 unspecified atom stereocenters. The van der Waals surface area contributed by atoms with Crippen molar-refractivity contribution in [3.05, 3.63) is 65.2 Å². The predicted molar refractivity (Wildman–Crippen MR) is 116 cm³/mol. The van der Waals surface area contributed by atoms with Crippen LogP contribution in [-0.4, -0.2) is 42.5 Å². The van der Waals surface area contributed by atoms with Crippen LogP contribution in [-0.2, 0) is 16.0 Å². The molecule has 0 saturated carbocycles. The van der Waals surface area contributed by atoms with Gasteiger partial charge in [0.2, 0.25) is 11.8 Å². The molecule has 0 spiro atoms. The number of carbonyl (C=O) groups excluding carboxylic acids is 2. The first-order valence-electron chi connectivity index (χ1n) is 11.0. The summed E-state index contributed by atoms with van der Waals surface area (Å²) in [6, 6.07) is 11.2. The molecule has 2 aromatic carbocycles. The van der Waals surface area contributed by atoms with Gasteiger partial charge >= 0.3 is 0 Å². The number of methoxy groups -OCH3 is 1. The molecule has 2 aliphatic heterocycles. The number of nitrogens with one attached hydrogen (secondary N) is 1. The third-order valence-corrected chi connectivity index (χ3v) is 6.69. The van der Waals surface area contributed by atoms with Gasteiger partial charge in [0.1, 0.15) is 5.82 Å². The summed E-state index contributed by atoms with van der Waals surface area (Å²) in [5, 5.41) is 3.07. The molecule has 5 nitrogen and oxygen atoms in total. The minimum absolute atomic E-state index is 0.0240. The highest BCUT2D eigenvalue weighted by Crippen LogP contribution is 2.33. The summed E-state index contributed by atoms with van der Waals surface area (Å²) >= 11 is 0. The molecule has 2 atom stereocenters. The lowest BCUT2D eigenvalue weighted by molar-refractivity contribution is -0.131. The monoisotopic (exact) mass is 442 g/mol. The van der Waals surface area contributed by atoms with E-state index in [2.05, 4.69) is 5.32 Å². The van der Waals surface area contributed by atoms with Crippen LogP contribution in [0, 0.1) is 11.6 Å². The van der Waals surface area contributed by atoms with E-state index in [1.165, 1.54) is 25.3 Å². The Bertz CT molecular complexity index is 995. The predicted octanol–water partition coefficient (Wildman–Crippen LogP) is 3.96. The van der Waals surface area contributed by atoms with Crippen molar-refractivity contribution >= 4 is 11.8 Å². The van der Waals surface area contributed by atoms with Gasteiger partial charge in [-0.15, -0.1) is 0 Å². The molecule has 32 heavy (non-hydrogen) atoms. The molecule has 2 aliphatic rings. The third-order valence-electron chi connectivity index (χ3n) is 6.69. The Kier molecular flexibility index (Phi) is 6.44. The zero-order chi connectivity index (χ0) is 22.7. The molecule has 2 heterocycles. The van der Waals surface area contributed by atoms with E-state index in [-0.39, 0.29) is 29.3 Å². The Morgan fingerprint density at radius 1 is 1.22 bits per heavy atom. The number of rotatable bonds is 7. The summed E-state index contributed by atoms with van der Waals surface area (Å²) in [5.41, 5.74) is 1.38. The van der Waals surface area contributed by atoms with Crippen LogP contribution < -0.4 is 10.1 Å². The van der Waals surface area contributed by atoms with Gasteiger partial charge in [-0.2, -0.15) is 0 Å². The molecule has 0 radical (unpaired) electrons. The summed E-state index contributed by atoms with van der Waals surface area (Å²) in [4.78, 5) is 26.8. The Morgan fingerprint density at radius 2 is 2.00 bits per heavy atom. The Labute approximate surface area is 186 Å². The topological polar surface area (TPSA) is 58.6 Å². The lowest BCUT2D eigenvalue weighted by atomic mass is 9.84. The number of halogens is 2. The van der Waals surface area contributed by atoms with E-state index in [0.717, 1.165) is 17.5 Å². The minimum atomic E-state index is -0.522. The second kappa shape index (κ2) is 9.27. The van der Waals surface area contributed by atoms with Gasteiger partial charge in [0, 0.05) is 37.4 Å². The second-order valence-corrected chi connectivity index (χ2v) is 8.85. The van der Waals surface area contributed by atoms with E-state index in [9.17, 15) is 18.4 Å². The van der Waals surface area contributed by atoms with Gasteiger partial charge < -0.3 is 15.0 Å². The number of carbonyl (C=O) groups is 2. The zero-order valence-electron chi connectivity index (χ0n) is 18.2. The van der Waals surface area contributed by atoms with E-state index in [0.29, 0.717) is 45.2 Å². The SMILES string of the molecule is COc1cc(C[C@]2(CCC(=O)N3CC[C@H](c4ccc(F)cc4)C3)CCC(=O)N2)ccc1F. The molecular weight excluding hydrogens is 414 g/mol. The Balaban J connectivity index is 1.39. The van der Waals surface area contributed by atoms with E-state index in [1.54, 1.807) is 24.3 Å². The van der Waals surface area contributed by atoms with Gasteiger partial charge in [0.05, 0.1) is 7.11 Å². The molecule has 0 aliphatic carbocycles. The summed E-state index contributed by atoms with van der Waals surface area (Å²) in [5.74, 6) is -0.271. The largest absolute Gasteiger partial charge is 0.494 e. The fourth-order valence-corrected chi connectivity index (χ4v) is 4.89. The number of ether oxygens (including phenoxy) is 1. The molecule has 2 aromatic rings. The molecule has 1 N–H and O–H groups in total. The first-order valence-corrected chi connectivity index (χ1v) is 11.0. The number of hydrogen-bond acceptors (Lipinski definition) is 3.